The van der Waals surface area contributed by atoms with Crippen molar-refractivity contribution in [3.05, 3.63) is 54.2 Å². The van der Waals surface area contributed by atoms with Crippen molar-refractivity contribution in [3.63, 3.8) is 0 Å². The highest BCUT2D eigenvalue weighted by Crippen LogP contribution is 2.18. The summed E-state index contributed by atoms with van der Waals surface area (Å²) in [6.07, 6.45) is 2.85. The van der Waals surface area contributed by atoms with Crippen molar-refractivity contribution >= 4 is 5.69 Å². The van der Waals surface area contributed by atoms with Crippen LogP contribution in [0, 0.1) is 6.92 Å². The number of aromatic nitrogens is 1. The first-order valence-electron chi connectivity index (χ1n) is 8.51. The fraction of sp³-hybridized carbons (Fsp3) is 0.421. The number of anilines is 1. The normalized spacial score (nSPS) is 15.6. The summed E-state index contributed by atoms with van der Waals surface area (Å²) < 4.78 is 5.67. The lowest BCUT2D eigenvalue weighted by Gasteiger charge is -2.34. The molecule has 0 aliphatic carbocycles. The van der Waals surface area contributed by atoms with Crippen LogP contribution < -0.4 is 14.5 Å². The lowest BCUT2D eigenvalue weighted by molar-refractivity contribution is -0.900. The maximum atomic E-state index is 5.67. The zero-order valence-electron chi connectivity index (χ0n) is 13.9. The van der Waals surface area contributed by atoms with Crippen LogP contribution in [0.25, 0.3) is 0 Å². The number of para-hydroxylation sites is 1. The van der Waals surface area contributed by atoms with Crippen molar-refractivity contribution in [2.24, 2.45) is 0 Å². The molecule has 3 rings (SSSR count). The number of nitrogens with one attached hydrogen (secondary N) is 1. The van der Waals surface area contributed by atoms with Crippen LogP contribution in [0.15, 0.2) is 48.7 Å². The summed E-state index contributed by atoms with van der Waals surface area (Å²) in [5.41, 5.74) is 2.77. The Morgan fingerprint density at radius 3 is 2.61 bits per heavy atom. The Bertz CT molecular complexity index is 595. The van der Waals surface area contributed by atoms with Crippen molar-refractivity contribution in [1.29, 1.82) is 0 Å². The number of hydrogen-bond donors (Lipinski definition) is 1. The minimum atomic E-state index is 0.729. The molecule has 0 atom stereocenters. The Balaban J connectivity index is 1.37. The number of benzene rings is 1. The third-order valence-electron chi connectivity index (χ3n) is 4.49. The van der Waals surface area contributed by atoms with Gasteiger partial charge in [-0.2, -0.15) is 0 Å². The summed E-state index contributed by atoms with van der Waals surface area (Å²) >= 11 is 0. The maximum Gasteiger partial charge on any atom is 0.213 e. The van der Waals surface area contributed by atoms with E-state index in [0.717, 1.165) is 32.0 Å². The molecular formula is C19H26N3O+. The number of pyridine rings is 1. The van der Waals surface area contributed by atoms with E-state index in [1.54, 1.807) is 11.1 Å². The molecule has 23 heavy (non-hydrogen) atoms. The van der Waals surface area contributed by atoms with E-state index < -0.39 is 0 Å². The number of nitrogens with zero attached hydrogens (tertiary/aromatic N) is 2. The molecule has 0 saturated carbocycles. The van der Waals surface area contributed by atoms with Gasteiger partial charge in [0.1, 0.15) is 0 Å². The summed E-state index contributed by atoms with van der Waals surface area (Å²) in [7, 11) is 0. The van der Waals surface area contributed by atoms with Gasteiger partial charge in [-0.05, 0) is 24.6 Å². The Kier molecular flexibility index (Phi) is 5.48. The second-order valence-electron chi connectivity index (χ2n) is 6.14. The average molecular weight is 312 g/mol. The van der Waals surface area contributed by atoms with Gasteiger partial charge >= 0.3 is 0 Å². The van der Waals surface area contributed by atoms with Crippen LogP contribution in [0.2, 0.25) is 0 Å². The van der Waals surface area contributed by atoms with Crippen molar-refractivity contribution in [2.45, 2.75) is 13.3 Å². The molecule has 0 amide bonds. The van der Waals surface area contributed by atoms with Gasteiger partial charge in [-0.1, -0.05) is 24.3 Å². The smallest absolute Gasteiger partial charge is 0.213 e. The zero-order chi connectivity index (χ0) is 15.9. The second kappa shape index (κ2) is 7.97. The molecule has 0 unspecified atom stereocenters. The van der Waals surface area contributed by atoms with Gasteiger partial charge in [0, 0.05) is 24.4 Å². The molecule has 4 nitrogen and oxygen atoms in total. The average Bonchev–Trinajstić information content (AvgIpc) is 2.61. The molecule has 1 N–H and O–H groups in total. The van der Waals surface area contributed by atoms with Gasteiger partial charge in [-0.25, -0.2) is 4.98 Å². The summed E-state index contributed by atoms with van der Waals surface area (Å²) in [6.45, 7) is 8.82. The number of aryl methyl sites for hydroxylation is 1. The molecule has 0 bridgehead atoms. The molecule has 2 aromatic rings. The Morgan fingerprint density at radius 2 is 1.87 bits per heavy atom. The Hall–Kier alpha value is -2.07. The van der Waals surface area contributed by atoms with Crippen molar-refractivity contribution in [3.8, 4) is 5.88 Å². The first-order valence-corrected chi connectivity index (χ1v) is 8.51. The highest BCUT2D eigenvalue weighted by atomic mass is 16.5. The third-order valence-corrected chi connectivity index (χ3v) is 4.49. The molecule has 1 fully saturated rings. The second-order valence-corrected chi connectivity index (χ2v) is 6.14. The van der Waals surface area contributed by atoms with E-state index in [-0.39, 0.29) is 0 Å². The highest BCUT2D eigenvalue weighted by Gasteiger charge is 2.20. The summed E-state index contributed by atoms with van der Waals surface area (Å²) in [4.78, 5) is 8.38. The first kappa shape index (κ1) is 15.8. The van der Waals surface area contributed by atoms with Crippen LogP contribution >= 0.6 is 0 Å². The van der Waals surface area contributed by atoms with Gasteiger partial charge in [-0.3, -0.25) is 0 Å². The van der Waals surface area contributed by atoms with Gasteiger partial charge in [-0.15, -0.1) is 0 Å². The molecule has 0 spiro atoms. The number of piperazine rings is 1. The SMILES string of the molecule is Cc1ccccc1N1CC[NH+](CCCOc2ccccn2)CC1. The van der Waals surface area contributed by atoms with Crippen molar-refractivity contribution in [1.82, 2.24) is 4.98 Å². The number of ether oxygens (including phenoxy) is 1. The molecular weight excluding hydrogens is 286 g/mol. The lowest BCUT2D eigenvalue weighted by Crippen LogP contribution is -3.14. The molecule has 1 saturated heterocycles. The van der Waals surface area contributed by atoms with Gasteiger partial charge in [0.15, 0.2) is 0 Å². The van der Waals surface area contributed by atoms with E-state index in [9.17, 15) is 0 Å². The zero-order valence-corrected chi connectivity index (χ0v) is 13.9. The van der Waals surface area contributed by atoms with Crippen LogP contribution in [-0.2, 0) is 0 Å². The fourth-order valence-corrected chi connectivity index (χ4v) is 3.16. The van der Waals surface area contributed by atoms with E-state index in [2.05, 4.69) is 41.1 Å². The third kappa shape index (κ3) is 4.45. The predicted molar refractivity (Wildman–Crippen MR) is 93.3 cm³/mol. The maximum absolute atomic E-state index is 5.67. The summed E-state index contributed by atoms with van der Waals surface area (Å²) in [5.74, 6) is 0.729. The minimum absolute atomic E-state index is 0.729. The lowest BCUT2D eigenvalue weighted by atomic mass is 10.1. The van der Waals surface area contributed by atoms with Crippen LogP contribution in [-0.4, -0.2) is 44.3 Å². The molecule has 0 radical (unpaired) electrons. The van der Waals surface area contributed by atoms with Crippen molar-refractivity contribution in [2.75, 3.05) is 44.2 Å². The van der Waals surface area contributed by atoms with Gasteiger partial charge in [0.2, 0.25) is 5.88 Å². The van der Waals surface area contributed by atoms with E-state index in [4.69, 9.17) is 4.74 Å². The predicted octanol–water partition coefficient (Wildman–Crippen LogP) is 1.56. The molecule has 4 heteroatoms. The quantitative estimate of drug-likeness (QED) is 0.821. The van der Waals surface area contributed by atoms with E-state index in [1.807, 2.05) is 18.2 Å². The highest BCUT2D eigenvalue weighted by molar-refractivity contribution is 5.53. The van der Waals surface area contributed by atoms with Crippen LogP contribution in [0.3, 0.4) is 0 Å². The molecule has 2 heterocycles. The minimum Gasteiger partial charge on any atom is -0.477 e. The summed E-state index contributed by atoms with van der Waals surface area (Å²) in [5, 5.41) is 0. The van der Waals surface area contributed by atoms with Crippen LogP contribution in [0.1, 0.15) is 12.0 Å². The van der Waals surface area contributed by atoms with E-state index >= 15 is 0 Å². The van der Waals surface area contributed by atoms with Gasteiger partial charge in [0.25, 0.3) is 0 Å². The molecule has 1 aromatic carbocycles. The van der Waals surface area contributed by atoms with Crippen LogP contribution in [0.4, 0.5) is 5.69 Å². The molecule has 1 aromatic heterocycles. The largest absolute Gasteiger partial charge is 0.477 e. The topological polar surface area (TPSA) is 29.8 Å². The van der Waals surface area contributed by atoms with E-state index in [1.165, 1.54) is 30.9 Å². The van der Waals surface area contributed by atoms with Gasteiger partial charge in [0.05, 0.1) is 39.3 Å². The van der Waals surface area contributed by atoms with Gasteiger partial charge < -0.3 is 14.5 Å². The van der Waals surface area contributed by atoms with Crippen molar-refractivity contribution < 1.29 is 9.64 Å². The molecule has 122 valence electrons. The Labute approximate surface area is 138 Å². The molecule has 1 aliphatic heterocycles. The summed E-state index contributed by atoms with van der Waals surface area (Å²) in [6, 6.07) is 14.5. The number of rotatable bonds is 6. The standard InChI is InChI=1S/C19H25N3O/c1-17-7-2-3-8-18(17)22-14-12-21(13-15-22)11-6-16-23-19-9-4-5-10-20-19/h2-5,7-10H,6,11-16H2,1H3/p+1. The fourth-order valence-electron chi connectivity index (χ4n) is 3.16. The van der Waals surface area contributed by atoms with E-state index in [0.29, 0.717) is 0 Å². The number of hydrogen-bond acceptors (Lipinski definition) is 3. The number of quaternary nitrogens is 1. The Morgan fingerprint density at radius 1 is 1.09 bits per heavy atom. The monoisotopic (exact) mass is 312 g/mol. The first-order chi connectivity index (χ1) is 11.3. The van der Waals surface area contributed by atoms with Crippen LogP contribution in [0.5, 0.6) is 5.88 Å². The molecule has 1 aliphatic rings.